The first-order chi connectivity index (χ1) is 17.3. The summed E-state index contributed by atoms with van der Waals surface area (Å²) in [5.41, 5.74) is 0.855. The molecule has 1 aliphatic heterocycles. The number of carbonyl (C=O) groups excluding carboxylic acids is 2. The van der Waals surface area contributed by atoms with Gasteiger partial charge in [0, 0.05) is 19.2 Å². The number of ether oxygens (including phenoxy) is 5. The molecule has 1 unspecified atom stereocenters. The number of ketones is 1. The minimum atomic E-state index is -0.897. The summed E-state index contributed by atoms with van der Waals surface area (Å²) in [5.74, 6) is 0.275. The van der Waals surface area contributed by atoms with Crippen LogP contribution in [-0.2, 0) is 14.3 Å². The molecule has 0 bridgehead atoms. The molecule has 0 saturated carbocycles. The molecule has 0 aliphatic carbocycles. The maximum Gasteiger partial charge on any atom is 0.295 e. The molecule has 1 fully saturated rings. The molecule has 194 valence electrons. The van der Waals surface area contributed by atoms with Crippen molar-refractivity contribution in [2.45, 2.75) is 19.9 Å². The second kappa shape index (κ2) is 11.8. The van der Waals surface area contributed by atoms with E-state index in [1.807, 2.05) is 13.8 Å². The van der Waals surface area contributed by atoms with Crippen LogP contribution in [0.5, 0.6) is 23.0 Å². The molecule has 9 nitrogen and oxygen atoms in total. The van der Waals surface area contributed by atoms with Gasteiger partial charge in [0.2, 0.25) is 5.75 Å². The summed E-state index contributed by atoms with van der Waals surface area (Å²) < 4.78 is 27.2. The Balaban J connectivity index is 2.14. The monoisotopic (exact) mass is 499 g/mol. The van der Waals surface area contributed by atoms with Crippen LogP contribution in [0.4, 0.5) is 0 Å². The molecule has 0 spiro atoms. The van der Waals surface area contributed by atoms with Crippen LogP contribution in [0.1, 0.15) is 31.0 Å². The molecule has 1 heterocycles. The van der Waals surface area contributed by atoms with Crippen molar-refractivity contribution >= 4 is 17.4 Å². The molecular weight excluding hydrogens is 466 g/mol. The number of nitrogens with zero attached hydrogens (tertiary/aromatic N) is 1. The molecule has 0 aromatic heterocycles. The summed E-state index contributed by atoms with van der Waals surface area (Å²) in [7, 11) is 5.95. The summed E-state index contributed by atoms with van der Waals surface area (Å²) in [6.07, 6.45) is 0. The lowest BCUT2D eigenvalue weighted by Gasteiger charge is -2.26. The van der Waals surface area contributed by atoms with E-state index < -0.39 is 17.7 Å². The van der Waals surface area contributed by atoms with E-state index in [1.165, 1.54) is 33.3 Å². The molecule has 3 rings (SSSR count). The Bertz CT molecular complexity index is 1100. The van der Waals surface area contributed by atoms with Crippen LogP contribution < -0.4 is 18.9 Å². The van der Waals surface area contributed by atoms with Crippen LogP contribution >= 0.6 is 0 Å². The maximum atomic E-state index is 13.2. The van der Waals surface area contributed by atoms with Gasteiger partial charge in [-0.2, -0.15) is 0 Å². The van der Waals surface area contributed by atoms with Gasteiger partial charge in [-0.1, -0.05) is 13.8 Å². The van der Waals surface area contributed by atoms with E-state index in [4.69, 9.17) is 23.7 Å². The van der Waals surface area contributed by atoms with Gasteiger partial charge < -0.3 is 33.7 Å². The number of aliphatic hydroxyl groups excluding tert-OH is 1. The zero-order valence-corrected chi connectivity index (χ0v) is 21.5. The predicted octanol–water partition coefficient (Wildman–Crippen LogP) is 3.82. The lowest BCUT2D eigenvalue weighted by atomic mass is 9.94. The zero-order chi connectivity index (χ0) is 26.4. The van der Waals surface area contributed by atoms with Crippen molar-refractivity contribution in [1.82, 2.24) is 4.90 Å². The molecule has 1 atom stereocenters. The number of benzene rings is 2. The zero-order valence-electron chi connectivity index (χ0n) is 21.5. The van der Waals surface area contributed by atoms with Crippen LogP contribution in [0.2, 0.25) is 0 Å². The molecule has 1 aliphatic rings. The first kappa shape index (κ1) is 26.9. The van der Waals surface area contributed by atoms with Gasteiger partial charge in [-0.05, 0) is 47.9 Å². The molecule has 9 heteroatoms. The first-order valence-electron chi connectivity index (χ1n) is 11.6. The highest BCUT2D eigenvalue weighted by atomic mass is 16.5. The molecule has 2 aromatic rings. The smallest absolute Gasteiger partial charge is 0.295 e. The Morgan fingerprint density at radius 3 is 2.08 bits per heavy atom. The van der Waals surface area contributed by atoms with E-state index in [1.54, 1.807) is 36.4 Å². The molecule has 36 heavy (non-hydrogen) atoms. The summed E-state index contributed by atoms with van der Waals surface area (Å²) in [6, 6.07) is 9.16. The number of hydrogen-bond acceptors (Lipinski definition) is 8. The van der Waals surface area contributed by atoms with Crippen molar-refractivity contribution < 1.29 is 38.4 Å². The summed E-state index contributed by atoms with van der Waals surface area (Å²) >= 11 is 0. The highest BCUT2D eigenvalue weighted by Crippen LogP contribution is 2.45. The molecule has 2 aromatic carbocycles. The fraction of sp³-hybridized carbons (Fsp3) is 0.407. The Hall–Kier alpha value is -3.72. The standard InChI is InChI=1S/C27H33NO8/c1-16(2)15-36-19-9-7-17(8-10-19)24(29)22-23(28(11-12-32-3)27(31)25(22)30)18-13-20(33-4)26(35-6)21(14-18)34-5/h7-10,13-14,16,23,29H,11-12,15H2,1-6H3/b24-22-. The van der Waals surface area contributed by atoms with E-state index in [0.29, 0.717) is 46.6 Å². The quantitative estimate of drug-likeness (QED) is 0.283. The van der Waals surface area contributed by atoms with Crippen molar-refractivity contribution in [3.8, 4) is 23.0 Å². The number of methoxy groups -OCH3 is 4. The SMILES string of the molecule is COCCN1C(=O)C(=O)/C(=C(\O)c2ccc(OCC(C)C)cc2)C1c1cc(OC)c(OC)c(OC)c1. The van der Waals surface area contributed by atoms with Gasteiger partial charge in [0.15, 0.2) is 11.5 Å². The van der Waals surface area contributed by atoms with Crippen molar-refractivity contribution in [3.05, 3.63) is 53.1 Å². The minimum Gasteiger partial charge on any atom is -0.507 e. The number of rotatable bonds is 11. The van der Waals surface area contributed by atoms with Gasteiger partial charge in [0.05, 0.1) is 46.2 Å². The molecule has 1 saturated heterocycles. The molecular formula is C27H33NO8. The third-order valence-corrected chi connectivity index (χ3v) is 5.79. The highest BCUT2D eigenvalue weighted by Gasteiger charge is 2.46. The Morgan fingerprint density at radius 1 is 0.972 bits per heavy atom. The second-order valence-electron chi connectivity index (χ2n) is 8.67. The highest BCUT2D eigenvalue weighted by molar-refractivity contribution is 6.46. The normalized spacial score (nSPS) is 17.0. The molecule has 1 amide bonds. The average Bonchev–Trinajstić information content (AvgIpc) is 3.14. The fourth-order valence-electron chi connectivity index (χ4n) is 4.03. The lowest BCUT2D eigenvalue weighted by Crippen LogP contribution is -2.32. The van der Waals surface area contributed by atoms with Gasteiger partial charge in [-0.25, -0.2) is 0 Å². The van der Waals surface area contributed by atoms with Gasteiger partial charge in [0.1, 0.15) is 11.5 Å². The first-order valence-corrected chi connectivity index (χ1v) is 11.6. The Labute approximate surface area is 211 Å². The van der Waals surface area contributed by atoms with Crippen molar-refractivity contribution in [1.29, 1.82) is 0 Å². The molecule has 0 radical (unpaired) electrons. The average molecular weight is 500 g/mol. The second-order valence-corrected chi connectivity index (χ2v) is 8.67. The van der Waals surface area contributed by atoms with E-state index in [0.717, 1.165) is 0 Å². The summed E-state index contributed by atoms with van der Waals surface area (Å²) in [6.45, 7) is 4.99. The van der Waals surface area contributed by atoms with E-state index in [-0.39, 0.29) is 24.5 Å². The number of carbonyl (C=O) groups is 2. The van der Waals surface area contributed by atoms with Crippen molar-refractivity contribution in [3.63, 3.8) is 0 Å². The number of Topliss-reactive ketones (excluding diaryl/α,β-unsaturated/α-hetero) is 1. The lowest BCUT2D eigenvalue weighted by molar-refractivity contribution is -0.140. The van der Waals surface area contributed by atoms with Crippen LogP contribution in [0.25, 0.3) is 5.76 Å². The van der Waals surface area contributed by atoms with Crippen LogP contribution in [0.3, 0.4) is 0 Å². The number of likely N-dealkylation sites (tertiary alicyclic amines) is 1. The number of hydrogen-bond donors (Lipinski definition) is 1. The topological polar surface area (TPSA) is 104 Å². The van der Waals surface area contributed by atoms with Gasteiger partial charge in [0.25, 0.3) is 11.7 Å². The van der Waals surface area contributed by atoms with Crippen molar-refractivity contribution in [2.24, 2.45) is 5.92 Å². The third kappa shape index (κ3) is 5.41. The van der Waals surface area contributed by atoms with Crippen molar-refractivity contribution in [2.75, 3.05) is 48.2 Å². The van der Waals surface area contributed by atoms with Crippen LogP contribution in [-0.4, -0.2) is 69.9 Å². The Morgan fingerprint density at radius 2 is 1.58 bits per heavy atom. The van der Waals surface area contributed by atoms with Crippen LogP contribution in [0.15, 0.2) is 42.0 Å². The molecule has 1 N–H and O–H groups in total. The Kier molecular flexibility index (Phi) is 8.82. The van der Waals surface area contributed by atoms with E-state index in [9.17, 15) is 14.7 Å². The van der Waals surface area contributed by atoms with Gasteiger partial charge >= 0.3 is 0 Å². The summed E-state index contributed by atoms with van der Waals surface area (Å²) in [4.78, 5) is 27.6. The number of amides is 1. The number of aliphatic hydroxyl groups is 1. The largest absolute Gasteiger partial charge is 0.507 e. The van der Waals surface area contributed by atoms with E-state index in [2.05, 4.69) is 0 Å². The third-order valence-electron chi connectivity index (χ3n) is 5.79. The van der Waals surface area contributed by atoms with Gasteiger partial charge in [-0.3, -0.25) is 9.59 Å². The summed E-state index contributed by atoms with van der Waals surface area (Å²) in [5, 5.41) is 11.3. The van der Waals surface area contributed by atoms with E-state index >= 15 is 0 Å². The van der Waals surface area contributed by atoms with Gasteiger partial charge in [-0.15, -0.1) is 0 Å². The minimum absolute atomic E-state index is 0.0405. The van der Waals surface area contributed by atoms with Crippen LogP contribution in [0, 0.1) is 5.92 Å². The predicted molar refractivity (Wildman–Crippen MR) is 134 cm³/mol. The fourth-order valence-corrected chi connectivity index (χ4v) is 4.03. The maximum absolute atomic E-state index is 13.2.